The van der Waals surface area contributed by atoms with Gasteiger partial charge in [-0.15, -0.1) is 0 Å². The van der Waals surface area contributed by atoms with Crippen LogP contribution in [0.1, 0.15) is 47.1 Å². The Labute approximate surface area is 256 Å². The molecule has 2 heterocycles. The molecule has 1 fully saturated rings. The Kier molecular flexibility index (Phi) is 9.33. The molecule has 0 unspecified atom stereocenters. The third kappa shape index (κ3) is 6.76. The van der Waals surface area contributed by atoms with Crippen LogP contribution in [0.2, 0.25) is 10.0 Å². The number of allylic oxidation sites excluding steroid dienone is 4. The average molecular weight is 638 g/mol. The monoisotopic (exact) mass is 637 g/mol. The summed E-state index contributed by atoms with van der Waals surface area (Å²) < 4.78 is 33.6. The molecule has 0 bridgehead atoms. The van der Waals surface area contributed by atoms with Crippen molar-refractivity contribution >= 4 is 64.3 Å². The van der Waals surface area contributed by atoms with E-state index in [-0.39, 0.29) is 21.6 Å². The summed E-state index contributed by atoms with van der Waals surface area (Å²) in [5.41, 5.74) is 1.33. The van der Waals surface area contributed by atoms with Gasteiger partial charge in [0.25, 0.3) is 0 Å². The number of rotatable bonds is 7. The number of esters is 4. The summed E-state index contributed by atoms with van der Waals surface area (Å²) in [6.45, 7) is 7.77. The summed E-state index contributed by atoms with van der Waals surface area (Å²) in [7, 11) is 0. The summed E-state index contributed by atoms with van der Waals surface area (Å²) in [6, 6.07) is 1.53. The molecule has 4 rings (SSSR count). The molecule has 230 valence electrons. The van der Waals surface area contributed by atoms with E-state index in [9.17, 15) is 24.0 Å². The van der Waals surface area contributed by atoms with Crippen molar-refractivity contribution in [2.75, 3.05) is 6.61 Å². The van der Waals surface area contributed by atoms with Crippen LogP contribution >= 0.6 is 23.2 Å². The van der Waals surface area contributed by atoms with E-state index in [0.717, 1.165) is 27.7 Å². The Morgan fingerprint density at radius 1 is 0.907 bits per heavy atom. The van der Waals surface area contributed by atoms with Gasteiger partial charge in [0, 0.05) is 38.7 Å². The maximum Gasteiger partial charge on any atom is 0.303 e. The van der Waals surface area contributed by atoms with Crippen molar-refractivity contribution in [1.29, 1.82) is 0 Å². The molecule has 0 aromatic heterocycles. The Hall–Kier alpha value is -3.74. The van der Waals surface area contributed by atoms with Crippen molar-refractivity contribution in [2.45, 2.75) is 77.7 Å². The molecule has 5 atom stereocenters. The van der Waals surface area contributed by atoms with Gasteiger partial charge in [0.15, 0.2) is 23.7 Å². The van der Waals surface area contributed by atoms with Gasteiger partial charge in [-0.25, -0.2) is 4.99 Å². The molecule has 1 aromatic carbocycles. The van der Waals surface area contributed by atoms with Crippen molar-refractivity contribution in [3.8, 4) is 5.75 Å². The second-order valence-corrected chi connectivity index (χ2v) is 11.3. The smallest absolute Gasteiger partial charge is 0.303 e. The number of carbonyl (C=O) groups is 5. The van der Waals surface area contributed by atoms with Crippen LogP contribution in [0.25, 0.3) is 0 Å². The fraction of sp³-hybridized carbons (Fsp3) is 0.448. The Balaban J connectivity index is 1.82. The average Bonchev–Trinajstić information content (AvgIpc) is 2.88. The molecule has 0 spiro atoms. The van der Waals surface area contributed by atoms with Gasteiger partial charge in [0.1, 0.15) is 12.7 Å². The number of ether oxygens (including phenoxy) is 6. The molecule has 0 N–H and O–H groups in total. The first-order valence-corrected chi connectivity index (χ1v) is 13.9. The minimum Gasteiger partial charge on any atom is -0.463 e. The number of nitrogens with zero attached hydrogens (tertiary/aromatic N) is 1. The molecule has 1 aliphatic carbocycles. The fourth-order valence-corrected chi connectivity index (χ4v) is 5.93. The van der Waals surface area contributed by atoms with Gasteiger partial charge in [0.05, 0.1) is 21.4 Å². The molecular weight excluding hydrogens is 609 g/mol. The van der Waals surface area contributed by atoms with Crippen LogP contribution in [0, 0.1) is 0 Å². The van der Waals surface area contributed by atoms with Gasteiger partial charge < -0.3 is 28.4 Å². The third-order valence-corrected chi connectivity index (χ3v) is 7.49. The molecule has 12 nitrogen and oxygen atoms in total. The predicted octanol–water partition coefficient (Wildman–Crippen LogP) is 3.88. The highest BCUT2D eigenvalue weighted by atomic mass is 35.5. The second kappa shape index (κ2) is 12.5. The van der Waals surface area contributed by atoms with E-state index < -0.39 is 66.6 Å². The van der Waals surface area contributed by atoms with E-state index in [2.05, 4.69) is 4.99 Å². The van der Waals surface area contributed by atoms with Gasteiger partial charge in [0.2, 0.25) is 12.4 Å². The molecular formula is C29H29Cl2NO11. The summed E-state index contributed by atoms with van der Waals surface area (Å²) in [6.07, 6.45) is -2.60. The third-order valence-electron chi connectivity index (χ3n) is 6.84. The van der Waals surface area contributed by atoms with Crippen LogP contribution in [-0.2, 0) is 53.1 Å². The highest BCUT2D eigenvalue weighted by Crippen LogP contribution is 2.52. The number of hydrogen-bond donors (Lipinski definition) is 0. The topological polar surface area (TPSA) is 153 Å². The van der Waals surface area contributed by atoms with Crippen LogP contribution in [0.3, 0.4) is 0 Å². The van der Waals surface area contributed by atoms with Crippen molar-refractivity contribution in [1.82, 2.24) is 0 Å². The normalized spacial score (nSPS) is 25.3. The number of hydrogen-bond acceptors (Lipinski definition) is 12. The highest BCUT2D eigenvalue weighted by molar-refractivity contribution is 6.39. The lowest BCUT2D eigenvalue weighted by atomic mass is 9.71. The summed E-state index contributed by atoms with van der Waals surface area (Å²) in [4.78, 5) is 64.7. The van der Waals surface area contributed by atoms with Gasteiger partial charge in [-0.3, -0.25) is 24.0 Å². The maximum atomic E-state index is 12.2. The number of benzene rings is 1. The number of aliphatic imine (C=N–C) groups is 1. The second-order valence-electron chi connectivity index (χ2n) is 10.5. The lowest BCUT2D eigenvalue weighted by Crippen LogP contribution is -2.63. The lowest BCUT2D eigenvalue weighted by Gasteiger charge is -2.44. The number of halogens is 2. The predicted molar refractivity (Wildman–Crippen MR) is 151 cm³/mol. The molecule has 1 saturated heterocycles. The molecule has 2 aliphatic heterocycles. The van der Waals surface area contributed by atoms with Crippen LogP contribution in [-0.4, -0.2) is 72.7 Å². The number of fused-ring (bicyclic) bond motifs is 2. The van der Waals surface area contributed by atoms with E-state index in [0.29, 0.717) is 22.5 Å². The van der Waals surface area contributed by atoms with E-state index in [4.69, 9.17) is 51.6 Å². The van der Waals surface area contributed by atoms with E-state index in [1.54, 1.807) is 6.08 Å². The van der Waals surface area contributed by atoms with Crippen molar-refractivity contribution < 1.29 is 52.4 Å². The summed E-state index contributed by atoms with van der Waals surface area (Å²) >= 11 is 13.6. The zero-order valence-corrected chi connectivity index (χ0v) is 25.6. The largest absolute Gasteiger partial charge is 0.463 e. The van der Waals surface area contributed by atoms with Crippen LogP contribution in [0.4, 0.5) is 5.69 Å². The Bertz CT molecular complexity index is 1480. The van der Waals surface area contributed by atoms with Gasteiger partial charge >= 0.3 is 23.9 Å². The highest BCUT2D eigenvalue weighted by Gasteiger charge is 2.54. The van der Waals surface area contributed by atoms with Crippen LogP contribution in [0.5, 0.6) is 5.75 Å². The molecule has 1 aromatic rings. The van der Waals surface area contributed by atoms with E-state index >= 15 is 0 Å². The Morgan fingerprint density at radius 3 is 2.12 bits per heavy atom. The van der Waals surface area contributed by atoms with Gasteiger partial charge in [-0.2, -0.15) is 0 Å². The van der Waals surface area contributed by atoms with E-state index in [1.165, 1.54) is 18.2 Å². The number of ketones is 1. The van der Waals surface area contributed by atoms with Crippen molar-refractivity contribution in [2.24, 2.45) is 4.99 Å². The molecule has 0 radical (unpaired) electrons. The minimum absolute atomic E-state index is 0.0139. The lowest BCUT2D eigenvalue weighted by molar-refractivity contribution is -0.288. The minimum atomic E-state index is -1.56. The van der Waals surface area contributed by atoms with Crippen LogP contribution < -0.4 is 4.74 Å². The summed E-state index contributed by atoms with van der Waals surface area (Å²) in [5.74, 6) is -3.32. The van der Waals surface area contributed by atoms with Crippen molar-refractivity contribution in [3.05, 3.63) is 45.5 Å². The summed E-state index contributed by atoms with van der Waals surface area (Å²) in [5, 5.41) is 0.0473. The van der Waals surface area contributed by atoms with Crippen LogP contribution in [0.15, 0.2) is 34.9 Å². The Morgan fingerprint density at radius 2 is 1.51 bits per heavy atom. The zero-order chi connectivity index (χ0) is 31.8. The molecule has 0 amide bonds. The maximum absolute atomic E-state index is 12.2. The zero-order valence-electron chi connectivity index (χ0n) is 24.1. The quantitative estimate of drug-likeness (QED) is 0.243. The number of carbonyl (C=O) groups excluding carboxylic acids is 5. The first kappa shape index (κ1) is 32.2. The molecule has 3 aliphatic rings. The first-order chi connectivity index (χ1) is 20.1. The van der Waals surface area contributed by atoms with Crippen molar-refractivity contribution in [3.63, 3.8) is 0 Å². The van der Waals surface area contributed by atoms with E-state index in [1.807, 2.05) is 13.8 Å². The molecule has 14 heteroatoms. The fourth-order valence-electron chi connectivity index (χ4n) is 5.16. The van der Waals surface area contributed by atoms with Gasteiger partial charge in [-0.1, -0.05) is 37.0 Å². The molecule has 43 heavy (non-hydrogen) atoms. The molecule has 0 saturated carbocycles. The van der Waals surface area contributed by atoms with Gasteiger partial charge in [-0.05, 0) is 29.9 Å². The first-order valence-electron chi connectivity index (χ1n) is 13.1. The SMILES string of the molecule is CC(=O)OC[C@H]1O[C@@H](Oc2c(Cl)cc3c(c2Cl)C(C)(C)C2=CC(=O)C=CC2=N3)[C@H](OC(C)=O)[C@@H](OC(C)=O)[C@H]1OC(C)=O. The standard InChI is InChI=1S/C29H29Cl2NO11/c1-12(33)38-11-21-25(39-13(2)34)26(40-14(3)35)27(41-15(4)36)28(42-21)43-24-18(30)10-20-22(23(24)31)29(5,6)17-9-16(37)7-8-19(17)32-20/h7-10,21,25-28H,11H2,1-6H3/t21-,25+,26+,27-,28+/m1/s1.